The van der Waals surface area contributed by atoms with Crippen LogP contribution in [0, 0.1) is 6.92 Å². The number of carbonyl (C=O) groups is 2. The minimum atomic E-state index is -4.10. The third-order valence-corrected chi connectivity index (χ3v) is 8.04. The van der Waals surface area contributed by atoms with Gasteiger partial charge in [0, 0.05) is 13.1 Å². The van der Waals surface area contributed by atoms with Crippen LogP contribution in [0.5, 0.6) is 5.75 Å². The molecule has 3 aromatic rings. The molecule has 2 amide bonds. The molecule has 0 aliphatic rings. The Balaban J connectivity index is 1.97. The van der Waals surface area contributed by atoms with Gasteiger partial charge in [0.05, 0.1) is 17.7 Å². The topological polar surface area (TPSA) is 96.0 Å². The molecule has 0 aromatic heterocycles. The van der Waals surface area contributed by atoms with Crippen molar-refractivity contribution in [2.75, 3.05) is 31.0 Å². The Morgan fingerprint density at radius 2 is 1.58 bits per heavy atom. The number of likely N-dealkylation sites (N-methyl/N-ethyl adjacent to an activating group) is 1. The Morgan fingerprint density at radius 1 is 0.947 bits per heavy atom. The number of benzene rings is 3. The number of methoxy groups -OCH3 is 1. The highest BCUT2D eigenvalue weighted by Crippen LogP contribution is 2.26. The highest BCUT2D eigenvalue weighted by Gasteiger charge is 2.32. The second-order valence-electron chi connectivity index (χ2n) is 8.92. The maximum absolute atomic E-state index is 13.8. The fourth-order valence-corrected chi connectivity index (χ4v) is 5.42. The largest absolute Gasteiger partial charge is 0.497 e. The molecule has 0 fully saturated rings. The molecule has 3 rings (SSSR count). The second-order valence-corrected chi connectivity index (χ2v) is 10.8. The van der Waals surface area contributed by atoms with Crippen LogP contribution in [0.25, 0.3) is 0 Å². The van der Waals surface area contributed by atoms with Gasteiger partial charge in [-0.15, -0.1) is 0 Å². The van der Waals surface area contributed by atoms with E-state index in [1.165, 1.54) is 24.1 Å². The van der Waals surface area contributed by atoms with E-state index in [1.807, 2.05) is 37.3 Å². The lowest BCUT2D eigenvalue weighted by molar-refractivity contribution is -0.138. The van der Waals surface area contributed by atoms with Gasteiger partial charge in [0.15, 0.2) is 0 Å². The fraction of sp³-hybridized carbons (Fsp3) is 0.310. The Bertz CT molecular complexity index is 1310. The number of hydrogen-bond donors (Lipinski definition) is 1. The lowest BCUT2D eigenvalue weighted by atomic mass is 10.1. The predicted molar refractivity (Wildman–Crippen MR) is 149 cm³/mol. The number of anilines is 1. The Morgan fingerprint density at radius 3 is 2.16 bits per heavy atom. The first kappa shape index (κ1) is 28.7. The van der Waals surface area contributed by atoms with Gasteiger partial charge >= 0.3 is 0 Å². The van der Waals surface area contributed by atoms with Crippen LogP contribution in [-0.4, -0.2) is 57.9 Å². The summed E-state index contributed by atoms with van der Waals surface area (Å²) in [6.45, 7) is 5.53. The van der Waals surface area contributed by atoms with Gasteiger partial charge in [-0.25, -0.2) is 8.42 Å². The zero-order valence-corrected chi connectivity index (χ0v) is 23.1. The molecule has 3 aromatic carbocycles. The van der Waals surface area contributed by atoms with Crippen LogP contribution >= 0.6 is 0 Å². The molecule has 0 saturated carbocycles. The van der Waals surface area contributed by atoms with Crippen LogP contribution in [0.4, 0.5) is 5.69 Å². The maximum atomic E-state index is 13.8. The molecular formula is C29H35N3O5S. The van der Waals surface area contributed by atoms with Crippen LogP contribution in [-0.2, 0) is 26.0 Å². The lowest BCUT2D eigenvalue weighted by Crippen LogP contribution is -2.52. The van der Waals surface area contributed by atoms with Crippen molar-refractivity contribution in [3.63, 3.8) is 0 Å². The van der Waals surface area contributed by atoms with E-state index in [9.17, 15) is 18.0 Å². The monoisotopic (exact) mass is 537 g/mol. The zero-order chi connectivity index (χ0) is 27.7. The van der Waals surface area contributed by atoms with Crippen molar-refractivity contribution < 1.29 is 22.7 Å². The maximum Gasteiger partial charge on any atom is 0.264 e. The number of nitrogens with zero attached hydrogens (tertiary/aromatic N) is 2. The number of nitrogens with one attached hydrogen (secondary N) is 1. The van der Waals surface area contributed by atoms with E-state index < -0.39 is 28.5 Å². The first-order chi connectivity index (χ1) is 18.2. The molecule has 0 bridgehead atoms. The molecule has 0 aliphatic heterocycles. The molecule has 9 heteroatoms. The van der Waals surface area contributed by atoms with Gasteiger partial charge in [0.2, 0.25) is 11.8 Å². The van der Waals surface area contributed by atoms with E-state index in [4.69, 9.17) is 4.74 Å². The van der Waals surface area contributed by atoms with Gasteiger partial charge < -0.3 is 15.0 Å². The summed E-state index contributed by atoms with van der Waals surface area (Å²) in [6, 6.07) is 21.8. The number of ether oxygens (including phenoxy) is 1. The molecular weight excluding hydrogens is 502 g/mol. The second kappa shape index (κ2) is 13.1. The standard InChI is InChI=1S/C29H35N3O5S/c1-5-30-29(34)23(3)31(20-19-24-9-7-6-8-10-24)28(33)21-32(25-13-15-26(37-4)16-14-25)38(35,36)27-17-11-22(2)12-18-27/h6-18,23H,5,19-21H2,1-4H3,(H,30,34). The first-order valence-electron chi connectivity index (χ1n) is 12.5. The number of amides is 2. The van der Waals surface area contributed by atoms with Crippen molar-refractivity contribution in [3.8, 4) is 5.75 Å². The van der Waals surface area contributed by atoms with Crippen LogP contribution < -0.4 is 14.4 Å². The quantitative estimate of drug-likeness (QED) is 0.379. The third-order valence-electron chi connectivity index (χ3n) is 6.25. The first-order valence-corrected chi connectivity index (χ1v) is 14.0. The molecule has 0 heterocycles. The number of sulfonamides is 1. The van der Waals surface area contributed by atoms with E-state index in [2.05, 4.69) is 5.32 Å². The average Bonchev–Trinajstić information content (AvgIpc) is 2.92. The van der Waals surface area contributed by atoms with Crippen molar-refractivity contribution in [1.82, 2.24) is 10.2 Å². The summed E-state index contributed by atoms with van der Waals surface area (Å²) in [5.41, 5.74) is 2.24. The summed E-state index contributed by atoms with van der Waals surface area (Å²) < 4.78 is 33.9. The summed E-state index contributed by atoms with van der Waals surface area (Å²) in [5.74, 6) is -0.223. The van der Waals surface area contributed by atoms with Gasteiger partial charge in [-0.1, -0.05) is 48.0 Å². The Labute approximate surface area is 225 Å². The Kier molecular flexibility index (Phi) is 9.90. The van der Waals surface area contributed by atoms with E-state index in [0.29, 0.717) is 24.4 Å². The normalized spacial score (nSPS) is 11.9. The SMILES string of the molecule is CCNC(=O)C(C)N(CCc1ccccc1)C(=O)CN(c1ccc(OC)cc1)S(=O)(=O)c1ccc(C)cc1. The van der Waals surface area contributed by atoms with Crippen molar-refractivity contribution >= 4 is 27.5 Å². The number of aryl methyl sites for hydroxylation is 1. The van der Waals surface area contributed by atoms with Crippen molar-refractivity contribution in [1.29, 1.82) is 0 Å². The summed E-state index contributed by atoms with van der Waals surface area (Å²) in [5, 5.41) is 2.76. The molecule has 0 spiro atoms. The zero-order valence-electron chi connectivity index (χ0n) is 22.3. The molecule has 0 saturated heterocycles. The van der Waals surface area contributed by atoms with Crippen molar-refractivity contribution in [3.05, 3.63) is 90.0 Å². The number of carbonyl (C=O) groups excluding carboxylic acids is 2. The summed E-state index contributed by atoms with van der Waals surface area (Å²) in [6.07, 6.45) is 0.517. The molecule has 8 nitrogen and oxygen atoms in total. The predicted octanol–water partition coefficient (Wildman–Crippen LogP) is 3.79. The van der Waals surface area contributed by atoms with Gasteiger partial charge in [0.1, 0.15) is 18.3 Å². The molecule has 1 N–H and O–H groups in total. The molecule has 202 valence electrons. The lowest BCUT2D eigenvalue weighted by Gasteiger charge is -2.32. The Hall–Kier alpha value is -3.85. The molecule has 38 heavy (non-hydrogen) atoms. The number of rotatable bonds is 12. The van der Waals surface area contributed by atoms with Crippen LogP contribution in [0.15, 0.2) is 83.8 Å². The van der Waals surface area contributed by atoms with Gasteiger partial charge in [0.25, 0.3) is 10.0 Å². The van der Waals surface area contributed by atoms with Gasteiger partial charge in [-0.05, 0) is 69.2 Å². The molecule has 0 aliphatic carbocycles. The van der Waals surface area contributed by atoms with Crippen LogP contribution in [0.1, 0.15) is 25.0 Å². The van der Waals surface area contributed by atoms with Gasteiger partial charge in [-0.2, -0.15) is 0 Å². The molecule has 1 atom stereocenters. The minimum absolute atomic E-state index is 0.0688. The number of hydrogen-bond acceptors (Lipinski definition) is 5. The van der Waals surface area contributed by atoms with E-state index in [1.54, 1.807) is 50.2 Å². The highest BCUT2D eigenvalue weighted by atomic mass is 32.2. The molecule has 0 radical (unpaired) electrons. The van der Waals surface area contributed by atoms with Crippen LogP contribution in [0.2, 0.25) is 0 Å². The van der Waals surface area contributed by atoms with E-state index >= 15 is 0 Å². The van der Waals surface area contributed by atoms with Gasteiger partial charge in [-0.3, -0.25) is 13.9 Å². The van der Waals surface area contributed by atoms with Crippen molar-refractivity contribution in [2.24, 2.45) is 0 Å². The average molecular weight is 538 g/mol. The summed E-state index contributed by atoms with van der Waals surface area (Å²) in [7, 11) is -2.58. The minimum Gasteiger partial charge on any atom is -0.497 e. The fourth-order valence-electron chi connectivity index (χ4n) is 4.01. The molecule has 1 unspecified atom stereocenters. The van der Waals surface area contributed by atoms with E-state index in [0.717, 1.165) is 15.4 Å². The van der Waals surface area contributed by atoms with Crippen LogP contribution in [0.3, 0.4) is 0 Å². The van der Waals surface area contributed by atoms with E-state index in [-0.39, 0.29) is 17.3 Å². The highest BCUT2D eigenvalue weighted by molar-refractivity contribution is 7.92. The van der Waals surface area contributed by atoms with Crippen molar-refractivity contribution in [2.45, 2.75) is 38.1 Å². The summed E-state index contributed by atoms with van der Waals surface area (Å²) in [4.78, 5) is 28.0. The smallest absolute Gasteiger partial charge is 0.264 e. The summed E-state index contributed by atoms with van der Waals surface area (Å²) >= 11 is 0. The third kappa shape index (κ3) is 7.13.